The third-order valence-electron chi connectivity index (χ3n) is 5.63. The summed E-state index contributed by atoms with van der Waals surface area (Å²) in [5, 5.41) is 10.9. The molecule has 0 bridgehead atoms. The number of esters is 1. The van der Waals surface area contributed by atoms with E-state index in [1.165, 1.54) is 36.1 Å². The summed E-state index contributed by atoms with van der Waals surface area (Å²) in [7, 11) is -4.01. The van der Waals surface area contributed by atoms with Crippen LogP contribution in [0.3, 0.4) is 0 Å². The lowest BCUT2D eigenvalue weighted by molar-refractivity contribution is -0.384. The lowest BCUT2D eigenvalue weighted by Gasteiger charge is -2.24. The van der Waals surface area contributed by atoms with Gasteiger partial charge in [0, 0.05) is 18.7 Å². The van der Waals surface area contributed by atoms with E-state index in [9.17, 15) is 32.6 Å². The van der Waals surface area contributed by atoms with Crippen molar-refractivity contribution >= 4 is 19.3 Å². The number of alkyl halides is 3. The Balaban J connectivity index is 1.66. The Labute approximate surface area is 212 Å². The maximum atomic E-state index is 13.7. The maximum Gasteiger partial charge on any atom is 0.431 e. The lowest BCUT2D eigenvalue weighted by Crippen LogP contribution is -2.35. The average Bonchev–Trinajstić information content (AvgIpc) is 3.03. The number of hydrogen-bond acceptors (Lipinski definition) is 8. The first kappa shape index (κ1) is 28.5. The number of non-ortho nitro benzene ring substituents is 1. The summed E-state index contributed by atoms with van der Waals surface area (Å²) >= 11 is 0. The number of ether oxygens (including phenoxy) is 1. The average molecular weight is 544 g/mol. The topological polar surface area (TPSA) is 108 Å². The first-order chi connectivity index (χ1) is 17.4. The zero-order valence-electron chi connectivity index (χ0n) is 20.1. The zero-order valence-corrected chi connectivity index (χ0v) is 21.0. The Bertz CT molecular complexity index is 1100. The van der Waals surface area contributed by atoms with Crippen molar-refractivity contribution in [3.8, 4) is 11.5 Å². The van der Waals surface area contributed by atoms with Gasteiger partial charge in [-0.15, -0.1) is 0 Å². The van der Waals surface area contributed by atoms with Crippen molar-refractivity contribution in [2.24, 2.45) is 5.92 Å². The van der Waals surface area contributed by atoms with Gasteiger partial charge < -0.3 is 13.8 Å². The van der Waals surface area contributed by atoms with Gasteiger partial charge in [0.25, 0.3) is 5.69 Å². The van der Waals surface area contributed by atoms with Gasteiger partial charge in [-0.3, -0.25) is 19.8 Å². The van der Waals surface area contributed by atoms with E-state index in [1.54, 1.807) is 30.3 Å². The van der Waals surface area contributed by atoms with Crippen molar-refractivity contribution in [2.45, 2.75) is 38.5 Å². The van der Waals surface area contributed by atoms with Crippen LogP contribution in [0.1, 0.15) is 26.2 Å². The van der Waals surface area contributed by atoms with Crippen LogP contribution >= 0.6 is 7.60 Å². The van der Waals surface area contributed by atoms with Gasteiger partial charge in [0.2, 0.25) is 0 Å². The molecule has 202 valence electrons. The normalized spacial score (nSPS) is 19.2. The highest BCUT2D eigenvalue weighted by Gasteiger charge is 2.36. The Hall–Kier alpha value is -3.11. The summed E-state index contributed by atoms with van der Waals surface area (Å²) in [6.45, 7) is 0.885. The van der Waals surface area contributed by atoms with E-state index in [4.69, 9.17) is 13.8 Å². The van der Waals surface area contributed by atoms with Crippen LogP contribution in [-0.4, -0.2) is 53.9 Å². The molecule has 3 rings (SSSR count). The summed E-state index contributed by atoms with van der Waals surface area (Å²) in [4.78, 5) is 24.4. The standard InChI is InChI=1S/C24H28F3N2O7P/c1-18(23(30)34-20-8-5-14-28(15-13-20)17-24(25,26)27)16-37(33,35-21-6-3-2-4-7-21)36-22-11-9-19(10-12-22)29(31)32/h2-4,6-7,9-12,18,20H,5,8,13-17H2,1H3/t18-,20?,37?/m1/s1. The van der Waals surface area contributed by atoms with Gasteiger partial charge >= 0.3 is 19.7 Å². The fourth-order valence-corrected chi connectivity index (χ4v) is 5.76. The fourth-order valence-electron chi connectivity index (χ4n) is 3.87. The molecule has 1 saturated heterocycles. The molecule has 13 heteroatoms. The zero-order chi connectivity index (χ0) is 27.1. The van der Waals surface area contributed by atoms with Gasteiger partial charge in [0.15, 0.2) is 0 Å². The van der Waals surface area contributed by atoms with E-state index < -0.39 is 43.2 Å². The minimum Gasteiger partial charge on any atom is -0.462 e. The molecule has 2 aromatic carbocycles. The molecule has 1 aliphatic rings. The molecular weight excluding hydrogens is 516 g/mol. The molecule has 0 aliphatic carbocycles. The number of halogens is 3. The number of nitro benzene ring substituents is 1. The predicted molar refractivity (Wildman–Crippen MR) is 129 cm³/mol. The predicted octanol–water partition coefficient (Wildman–Crippen LogP) is 5.84. The molecule has 2 unspecified atom stereocenters. The quantitative estimate of drug-likeness (QED) is 0.159. The summed E-state index contributed by atoms with van der Waals surface area (Å²) in [6, 6.07) is 13.1. The Morgan fingerprint density at radius 3 is 2.30 bits per heavy atom. The molecule has 3 atom stereocenters. The first-order valence-corrected chi connectivity index (χ1v) is 13.4. The van der Waals surface area contributed by atoms with Crippen LogP contribution < -0.4 is 9.05 Å². The van der Waals surface area contributed by atoms with E-state index in [2.05, 4.69) is 0 Å². The van der Waals surface area contributed by atoms with Crippen LogP contribution in [0.5, 0.6) is 11.5 Å². The van der Waals surface area contributed by atoms with Gasteiger partial charge in [-0.25, -0.2) is 4.57 Å². The molecule has 2 aromatic rings. The van der Waals surface area contributed by atoms with Crippen LogP contribution in [0.2, 0.25) is 0 Å². The maximum absolute atomic E-state index is 13.7. The van der Waals surface area contributed by atoms with Gasteiger partial charge in [0.05, 0.1) is 23.5 Å². The second-order valence-corrected chi connectivity index (χ2v) is 10.8. The summed E-state index contributed by atoms with van der Waals surface area (Å²) in [5.41, 5.74) is -0.180. The number of rotatable bonds is 10. The van der Waals surface area contributed by atoms with Crippen molar-refractivity contribution in [3.05, 3.63) is 64.7 Å². The number of benzene rings is 2. The number of carbonyl (C=O) groups excluding carboxylic acids is 1. The van der Waals surface area contributed by atoms with Crippen LogP contribution in [-0.2, 0) is 14.1 Å². The van der Waals surface area contributed by atoms with Crippen molar-refractivity contribution in [1.29, 1.82) is 0 Å². The molecule has 0 saturated carbocycles. The van der Waals surface area contributed by atoms with Crippen LogP contribution in [0.25, 0.3) is 0 Å². The highest BCUT2D eigenvalue weighted by Crippen LogP contribution is 2.50. The Kier molecular flexibility index (Phi) is 9.56. The highest BCUT2D eigenvalue weighted by molar-refractivity contribution is 7.54. The minimum atomic E-state index is -4.30. The molecule has 0 N–H and O–H groups in total. The summed E-state index contributed by atoms with van der Waals surface area (Å²) in [5.74, 6) is -1.30. The minimum absolute atomic E-state index is 0.0546. The largest absolute Gasteiger partial charge is 0.462 e. The van der Waals surface area contributed by atoms with Crippen molar-refractivity contribution in [1.82, 2.24) is 4.90 Å². The summed E-state index contributed by atoms with van der Waals surface area (Å²) < 4.78 is 68.6. The van der Waals surface area contributed by atoms with E-state index in [0.717, 1.165) is 0 Å². The molecular formula is C24H28F3N2O7P. The monoisotopic (exact) mass is 544 g/mol. The molecule has 0 amide bonds. The third kappa shape index (κ3) is 9.36. The van der Waals surface area contributed by atoms with Crippen molar-refractivity contribution in [3.63, 3.8) is 0 Å². The van der Waals surface area contributed by atoms with Crippen LogP contribution in [0.15, 0.2) is 54.6 Å². The van der Waals surface area contributed by atoms with Crippen LogP contribution in [0.4, 0.5) is 18.9 Å². The molecule has 37 heavy (non-hydrogen) atoms. The third-order valence-corrected chi connectivity index (χ3v) is 7.61. The molecule has 1 aliphatic heterocycles. The fraction of sp³-hybridized carbons (Fsp3) is 0.458. The highest BCUT2D eigenvalue weighted by atomic mass is 31.2. The smallest absolute Gasteiger partial charge is 0.431 e. The SMILES string of the molecule is C[C@H](CP(=O)(Oc1ccccc1)Oc1ccc([N+](=O)[O-])cc1)C(=O)OC1CCCN(CC(F)(F)F)CC1. The number of nitro groups is 1. The second-order valence-electron chi connectivity index (χ2n) is 8.82. The Morgan fingerprint density at radius 1 is 1.08 bits per heavy atom. The molecule has 9 nitrogen and oxygen atoms in total. The molecule has 0 aromatic heterocycles. The van der Waals surface area contributed by atoms with Crippen LogP contribution in [0, 0.1) is 16.0 Å². The second kappa shape index (κ2) is 12.4. The molecule has 0 spiro atoms. The number of nitrogens with zero attached hydrogens (tertiary/aromatic N) is 2. The lowest BCUT2D eigenvalue weighted by atomic mass is 10.1. The molecule has 1 fully saturated rings. The van der Waals surface area contributed by atoms with E-state index >= 15 is 0 Å². The van der Waals surface area contributed by atoms with E-state index in [0.29, 0.717) is 12.8 Å². The van der Waals surface area contributed by atoms with Gasteiger partial charge in [-0.1, -0.05) is 25.1 Å². The first-order valence-electron chi connectivity index (χ1n) is 11.7. The van der Waals surface area contributed by atoms with Gasteiger partial charge in [-0.05, 0) is 50.1 Å². The van der Waals surface area contributed by atoms with Gasteiger partial charge in [-0.2, -0.15) is 13.2 Å². The molecule has 1 heterocycles. The van der Waals surface area contributed by atoms with Gasteiger partial charge in [0.1, 0.15) is 17.6 Å². The number of para-hydroxylation sites is 1. The Morgan fingerprint density at radius 2 is 1.70 bits per heavy atom. The molecule has 0 radical (unpaired) electrons. The summed E-state index contributed by atoms with van der Waals surface area (Å²) in [6.07, 6.45) is -4.09. The van der Waals surface area contributed by atoms with E-state index in [-0.39, 0.29) is 42.9 Å². The van der Waals surface area contributed by atoms with E-state index in [1.807, 2.05) is 0 Å². The van der Waals surface area contributed by atoms with Crippen molar-refractivity contribution < 1.29 is 41.2 Å². The number of likely N-dealkylation sites (tertiary alicyclic amines) is 1. The number of hydrogen-bond donors (Lipinski definition) is 0. The van der Waals surface area contributed by atoms with Crippen molar-refractivity contribution in [2.75, 3.05) is 25.8 Å². The number of carbonyl (C=O) groups is 1.